The highest BCUT2D eigenvalue weighted by atomic mass is 32.1. The molecule has 0 aliphatic heterocycles. The van der Waals surface area contributed by atoms with Crippen LogP contribution < -0.4 is 0 Å². The van der Waals surface area contributed by atoms with Gasteiger partial charge in [0.2, 0.25) is 0 Å². The van der Waals surface area contributed by atoms with Crippen molar-refractivity contribution in [2.45, 2.75) is 13.8 Å². The van der Waals surface area contributed by atoms with Crippen molar-refractivity contribution in [3.8, 4) is 10.4 Å². The quantitative estimate of drug-likeness (QED) is 0.864. The average molecular weight is 238 g/mol. The van der Waals surface area contributed by atoms with Crippen LogP contribution >= 0.6 is 22.7 Å². The molecule has 0 fully saturated rings. The molecular formula is C11H10O2S2. The molecule has 2 rings (SSSR count). The SMILES string of the molecule is Cc1cc(-c2sc(C(=O)O)cc2C)cs1. The molecule has 0 atom stereocenters. The van der Waals surface area contributed by atoms with Crippen LogP contribution in [0, 0.1) is 13.8 Å². The lowest BCUT2D eigenvalue weighted by Crippen LogP contribution is -1.89. The number of carboxylic acids is 1. The van der Waals surface area contributed by atoms with Gasteiger partial charge in [-0.05, 0) is 36.9 Å². The van der Waals surface area contributed by atoms with Gasteiger partial charge < -0.3 is 5.11 Å². The van der Waals surface area contributed by atoms with Gasteiger partial charge in [-0.2, -0.15) is 0 Å². The summed E-state index contributed by atoms with van der Waals surface area (Å²) in [6, 6.07) is 3.82. The Morgan fingerprint density at radius 3 is 2.53 bits per heavy atom. The topological polar surface area (TPSA) is 37.3 Å². The van der Waals surface area contributed by atoms with E-state index in [1.165, 1.54) is 16.2 Å². The van der Waals surface area contributed by atoms with Gasteiger partial charge in [-0.15, -0.1) is 22.7 Å². The first-order valence-electron chi connectivity index (χ1n) is 4.47. The first kappa shape index (κ1) is 10.4. The van der Waals surface area contributed by atoms with E-state index in [2.05, 4.69) is 18.4 Å². The molecule has 15 heavy (non-hydrogen) atoms. The van der Waals surface area contributed by atoms with E-state index in [4.69, 9.17) is 5.11 Å². The molecule has 2 nitrogen and oxygen atoms in total. The molecule has 78 valence electrons. The largest absolute Gasteiger partial charge is 0.477 e. The predicted octanol–water partition coefficient (Wildman–Crippen LogP) is 3.79. The number of carbonyl (C=O) groups is 1. The summed E-state index contributed by atoms with van der Waals surface area (Å²) < 4.78 is 0. The third-order valence-corrected chi connectivity index (χ3v) is 4.26. The molecule has 0 aliphatic carbocycles. The molecule has 0 unspecified atom stereocenters. The van der Waals surface area contributed by atoms with E-state index in [-0.39, 0.29) is 0 Å². The summed E-state index contributed by atoms with van der Waals surface area (Å²) in [4.78, 5) is 13.5. The van der Waals surface area contributed by atoms with E-state index in [0.29, 0.717) is 4.88 Å². The van der Waals surface area contributed by atoms with E-state index >= 15 is 0 Å². The van der Waals surface area contributed by atoms with Crippen molar-refractivity contribution in [1.82, 2.24) is 0 Å². The first-order chi connectivity index (χ1) is 7.08. The van der Waals surface area contributed by atoms with Crippen LogP contribution in [0.1, 0.15) is 20.1 Å². The molecule has 2 heterocycles. The van der Waals surface area contributed by atoms with Crippen molar-refractivity contribution in [2.75, 3.05) is 0 Å². The Morgan fingerprint density at radius 1 is 1.33 bits per heavy atom. The summed E-state index contributed by atoms with van der Waals surface area (Å²) >= 11 is 3.03. The van der Waals surface area contributed by atoms with Crippen LogP contribution in [0.25, 0.3) is 10.4 Å². The van der Waals surface area contributed by atoms with Crippen LogP contribution in [-0.4, -0.2) is 11.1 Å². The molecule has 0 aromatic carbocycles. The number of carboxylic acid groups (broad SMARTS) is 1. The highest BCUT2D eigenvalue weighted by molar-refractivity contribution is 7.18. The molecule has 2 aromatic heterocycles. The predicted molar refractivity (Wildman–Crippen MR) is 64.1 cm³/mol. The lowest BCUT2D eigenvalue weighted by atomic mass is 10.2. The van der Waals surface area contributed by atoms with E-state index in [1.807, 2.05) is 6.92 Å². The van der Waals surface area contributed by atoms with E-state index in [1.54, 1.807) is 17.4 Å². The Balaban J connectivity index is 2.49. The van der Waals surface area contributed by atoms with E-state index in [0.717, 1.165) is 16.0 Å². The summed E-state index contributed by atoms with van der Waals surface area (Å²) in [7, 11) is 0. The zero-order valence-corrected chi connectivity index (χ0v) is 10.0. The van der Waals surface area contributed by atoms with Gasteiger partial charge >= 0.3 is 5.97 Å². The lowest BCUT2D eigenvalue weighted by molar-refractivity contribution is 0.0702. The second-order valence-corrected chi connectivity index (χ2v) is 5.54. The second-order valence-electron chi connectivity index (χ2n) is 3.37. The van der Waals surface area contributed by atoms with Gasteiger partial charge in [0.1, 0.15) is 4.88 Å². The van der Waals surface area contributed by atoms with Gasteiger partial charge in [0.25, 0.3) is 0 Å². The molecule has 0 bridgehead atoms. The van der Waals surface area contributed by atoms with Gasteiger partial charge in [-0.1, -0.05) is 0 Å². The van der Waals surface area contributed by atoms with E-state index in [9.17, 15) is 4.79 Å². The molecule has 1 N–H and O–H groups in total. The Kier molecular flexibility index (Phi) is 2.63. The average Bonchev–Trinajstić information content (AvgIpc) is 2.71. The molecule has 0 radical (unpaired) electrons. The lowest BCUT2D eigenvalue weighted by Gasteiger charge is -1.92. The molecule has 0 saturated carbocycles. The summed E-state index contributed by atoms with van der Waals surface area (Å²) in [5.74, 6) is -0.846. The van der Waals surface area contributed by atoms with Crippen molar-refractivity contribution in [3.63, 3.8) is 0 Å². The number of hydrogen-bond donors (Lipinski definition) is 1. The number of aromatic carboxylic acids is 1. The zero-order chi connectivity index (χ0) is 11.0. The molecule has 2 aromatic rings. The summed E-state index contributed by atoms with van der Waals surface area (Å²) in [5, 5.41) is 11.0. The fourth-order valence-corrected chi connectivity index (χ4v) is 3.20. The standard InChI is InChI=1S/C11H10O2S2/c1-6-3-9(11(12)13)15-10(6)8-4-7(2)14-5-8/h3-5H,1-2H3,(H,12,13). The minimum absolute atomic E-state index is 0.409. The zero-order valence-electron chi connectivity index (χ0n) is 8.40. The molecule has 0 aliphatic rings. The van der Waals surface area contributed by atoms with Crippen LogP contribution in [0.4, 0.5) is 0 Å². The molecular weight excluding hydrogens is 228 g/mol. The normalized spacial score (nSPS) is 10.5. The van der Waals surface area contributed by atoms with Crippen LogP contribution in [0.5, 0.6) is 0 Å². The maximum atomic E-state index is 10.8. The van der Waals surface area contributed by atoms with Crippen LogP contribution in [0.15, 0.2) is 17.5 Å². The van der Waals surface area contributed by atoms with Gasteiger partial charge in [-0.25, -0.2) is 4.79 Å². The third kappa shape index (κ3) is 1.96. The molecule has 4 heteroatoms. The Hall–Kier alpha value is -1.13. The molecule has 0 amide bonds. The van der Waals surface area contributed by atoms with Crippen molar-refractivity contribution >= 4 is 28.6 Å². The highest BCUT2D eigenvalue weighted by Gasteiger charge is 2.12. The fourth-order valence-electron chi connectivity index (χ4n) is 1.44. The minimum atomic E-state index is -0.846. The van der Waals surface area contributed by atoms with Gasteiger partial charge in [0.05, 0.1) is 0 Å². The van der Waals surface area contributed by atoms with Crippen molar-refractivity contribution in [1.29, 1.82) is 0 Å². The van der Waals surface area contributed by atoms with Crippen LogP contribution in [0.2, 0.25) is 0 Å². The Labute approximate surface area is 95.8 Å². The molecule has 0 spiro atoms. The van der Waals surface area contributed by atoms with Gasteiger partial charge in [0.15, 0.2) is 0 Å². The Morgan fingerprint density at radius 2 is 2.07 bits per heavy atom. The number of hydrogen-bond acceptors (Lipinski definition) is 3. The second kappa shape index (κ2) is 3.79. The summed E-state index contributed by atoms with van der Waals surface area (Å²) in [5.41, 5.74) is 2.17. The van der Waals surface area contributed by atoms with Crippen LogP contribution in [0.3, 0.4) is 0 Å². The third-order valence-electron chi connectivity index (χ3n) is 2.12. The summed E-state index contributed by atoms with van der Waals surface area (Å²) in [6.07, 6.45) is 0. The smallest absolute Gasteiger partial charge is 0.345 e. The minimum Gasteiger partial charge on any atom is -0.477 e. The van der Waals surface area contributed by atoms with E-state index < -0.39 is 5.97 Å². The number of thiophene rings is 2. The summed E-state index contributed by atoms with van der Waals surface area (Å²) in [6.45, 7) is 4.00. The van der Waals surface area contributed by atoms with Crippen molar-refractivity contribution in [3.05, 3.63) is 32.8 Å². The van der Waals surface area contributed by atoms with Gasteiger partial charge in [0, 0.05) is 15.3 Å². The number of rotatable bonds is 2. The number of aryl methyl sites for hydroxylation is 2. The van der Waals surface area contributed by atoms with Crippen molar-refractivity contribution < 1.29 is 9.90 Å². The maximum absolute atomic E-state index is 10.8. The van der Waals surface area contributed by atoms with Gasteiger partial charge in [-0.3, -0.25) is 0 Å². The maximum Gasteiger partial charge on any atom is 0.345 e. The molecule has 0 saturated heterocycles. The Bertz CT molecular complexity index is 508. The van der Waals surface area contributed by atoms with Crippen molar-refractivity contribution in [2.24, 2.45) is 0 Å². The van der Waals surface area contributed by atoms with Crippen LogP contribution in [-0.2, 0) is 0 Å². The first-order valence-corrected chi connectivity index (χ1v) is 6.17. The fraction of sp³-hybridized carbons (Fsp3) is 0.182. The monoisotopic (exact) mass is 238 g/mol. The highest BCUT2D eigenvalue weighted by Crippen LogP contribution is 2.34.